The van der Waals surface area contributed by atoms with E-state index in [-0.39, 0.29) is 11.6 Å². The zero-order chi connectivity index (χ0) is 15.7. The summed E-state index contributed by atoms with van der Waals surface area (Å²) in [5.74, 6) is 1.25. The average molecular weight is 322 g/mol. The molecule has 0 spiro atoms. The Balaban J connectivity index is 1.82. The van der Waals surface area contributed by atoms with E-state index in [9.17, 15) is 8.42 Å². The van der Waals surface area contributed by atoms with Crippen LogP contribution in [0.4, 0.5) is 0 Å². The normalized spacial score (nSPS) is 11.9. The second-order valence-electron chi connectivity index (χ2n) is 4.74. The number of aryl methyl sites for hydroxylation is 1. The van der Waals surface area contributed by atoms with Crippen LogP contribution in [-0.4, -0.2) is 13.6 Å². The van der Waals surface area contributed by atoms with Crippen LogP contribution in [0.3, 0.4) is 0 Å². The van der Waals surface area contributed by atoms with E-state index in [1.54, 1.807) is 19.1 Å². The summed E-state index contributed by atoms with van der Waals surface area (Å²) in [7, 11) is -3.77. The van der Waals surface area contributed by atoms with Gasteiger partial charge in [0.2, 0.25) is 10.9 Å². The molecule has 0 radical (unpaired) electrons. The SMILES string of the molecule is Cc1noc(-c2ccc(S(=O)(=O)NCc3ccco3)o2)c1C. The maximum atomic E-state index is 12.2. The first-order chi connectivity index (χ1) is 10.5. The van der Waals surface area contributed by atoms with Gasteiger partial charge in [-0.05, 0) is 38.1 Å². The molecule has 7 nitrogen and oxygen atoms in total. The van der Waals surface area contributed by atoms with Gasteiger partial charge in [0, 0.05) is 5.56 Å². The summed E-state index contributed by atoms with van der Waals surface area (Å²) in [5.41, 5.74) is 1.54. The molecule has 1 N–H and O–H groups in total. The maximum absolute atomic E-state index is 12.2. The van der Waals surface area contributed by atoms with Gasteiger partial charge in [-0.2, -0.15) is 0 Å². The minimum Gasteiger partial charge on any atom is -0.468 e. The van der Waals surface area contributed by atoms with E-state index in [2.05, 4.69) is 9.88 Å². The Morgan fingerprint density at radius 2 is 2.05 bits per heavy atom. The molecule has 0 aliphatic carbocycles. The number of hydrogen-bond acceptors (Lipinski definition) is 6. The van der Waals surface area contributed by atoms with E-state index in [4.69, 9.17) is 13.4 Å². The van der Waals surface area contributed by atoms with E-state index in [1.165, 1.54) is 18.4 Å². The second-order valence-corrected chi connectivity index (χ2v) is 6.44. The van der Waals surface area contributed by atoms with E-state index >= 15 is 0 Å². The predicted molar refractivity (Wildman–Crippen MR) is 76.4 cm³/mol. The zero-order valence-corrected chi connectivity index (χ0v) is 12.8. The smallest absolute Gasteiger partial charge is 0.274 e. The number of nitrogens with one attached hydrogen (secondary N) is 1. The maximum Gasteiger partial charge on any atom is 0.274 e. The molecule has 0 aliphatic rings. The fourth-order valence-electron chi connectivity index (χ4n) is 1.88. The molecule has 3 aromatic rings. The number of sulfonamides is 1. The van der Waals surface area contributed by atoms with Gasteiger partial charge in [-0.1, -0.05) is 5.16 Å². The van der Waals surface area contributed by atoms with Crippen molar-refractivity contribution < 1.29 is 21.8 Å². The van der Waals surface area contributed by atoms with Gasteiger partial charge in [-0.15, -0.1) is 0 Å². The molecule has 0 unspecified atom stereocenters. The molecule has 0 bridgehead atoms. The van der Waals surface area contributed by atoms with Crippen molar-refractivity contribution >= 4 is 10.0 Å². The average Bonchev–Trinajstić information content (AvgIpc) is 3.20. The standard InChI is InChI=1S/C14H14N2O5S/c1-9-10(2)16-21-14(9)12-5-6-13(20-12)22(17,18)15-8-11-4-3-7-19-11/h3-7,15H,8H2,1-2H3. The highest BCUT2D eigenvalue weighted by Gasteiger charge is 2.22. The second kappa shape index (κ2) is 5.47. The number of rotatable bonds is 5. The van der Waals surface area contributed by atoms with Gasteiger partial charge in [-0.25, -0.2) is 13.1 Å². The molecular formula is C14H14N2O5S. The summed E-state index contributed by atoms with van der Waals surface area (Å²) in [6.45, 7) is 3.67. The summed E-state index contributed by atoms with van der Waals surface area (Å²) in [6, 6.07) is 6.27. The Bertz CT molecular complexity index is 874. The molecular weight excluding hydrogens is 308 g/mol. The highest BCUT2D eigenvalue weighted by atomic mass is 32.2. The minimum absolute atomic E-state index is 0.0474. The quantitative estimate of drug-likeness (QED) is 0.775. The Morgan fingerprint density at radius 1 is 1.23 bits per heavy atom. The van der Waals surface area contributed by atoms with Crippen molar-refractivity contribution in [2.45, 2.75) is 25.5 Å². The summed E-state index contributed by atoms with van der Waals surface area (Å²) in [5, 5.41) is 3.63. The van der Waals surface area contributed by atoms with Crippen molar-refractivity contribution in [2.24, 2.45) is 0 Å². The third kappa shape index (κ3) is 2.70. The van der Waals surface area contributed by atoms with Gasteiger partial charge >= 0.3 is 0 Å². The molecule has 22 heavy (non-hydrogen) atoms. The lowest BCUT2D eigenvalue weighted by molar-refractivity contribution is 0.396. The van der Waals surface area contributed by atoms with Crippen LogP contribution in [0.2, 0.25) is 0 Å². The van der Waals surface area contributed by atoms with Crippen LogP contribution in [0.5, 0.6) is 0 Å². The molecule has 3 rings (SSSR count). The van der Waals surface area contributed by atoms with Crippen molar-refractivity contribution in [3.05, 3.63) is 47.5 Å². The predicted octanol–water partition coefficient (Wildman–Crippen LogP) is 2.62. The summed E-state index contributed by atoms with van der Waals surface area (Å²) in [6.07, 6.45) is 1.48. The van der Waals surface area contributed by atoms with E-state index < -0.39 is 10.0 Å². The van der Waals surface area contributed by atoms with Crippen molar-refractivity contribution in [3.8, 4) is 11.5 Å². The van der Waals surface area contributed by atoms with Crippen LogP contribution in [-0.2, 0) is 16.6 Å². The van der Waals surface area contributed by atoms with E-state index in [0.717, 1.165) is 11.3 Å². The lowest BCUT2D eigenvalue weighted by Crippen LogP contribution is -2.22. The molecule has 0 aromatic carbocycles. The Labute approximate surface area is 127 Å². The van der Waals surface area contributed by atoms with Crippen LogP contribution >= 0.6 is 0 Å². The molecule has 0 fully saturated rings. The Hall–Kier alpha value is -2.32. The summed E-state index contributed by atoms with van der Waals surface area (Å²) in [4.78, 5) is 0. The first-order valence-corrected chi connectivity index (χ1v) is 8.01. The van der Waals surface area contributed by atoms with Gasteiger partial charge in [0.05, 0.1) is 18.5 Å². The molecule has 8 heteroatoms. The Kier molecular flexibility index (Phi) is 3.63. The monoisotopic (exact) mass is 322 g/mol. The molecule has 0 amide bonds. The lowest BCUT2D eigenvalue weighted by Gasteiger charge is -2.01. The van der Waals surface area contributed by atoms with Gasteiger partial charge in [-0.3, -0.25) is 0 Å². The molecule has 116 valence electrons. The van der Waals surface area contributed by atoms with Crippen molar-refractivity contribution in [1.29, 1.82) is 0 Å². The largest absolute Gasteiger partial charge is 0.468 e. The minimum atomic E-state index is -3.77. The van der Waals surface area contributed by atoms with E-state index in [1.807, 2.05) is 6.92 Å². The number of nitrogens with zero attached hydrogens (tertiary/aromatic N) is 1. The van der Waals surface area contributed by atoms with Crippen molar-refractivity contribution in [3.63, 3.8) is 0 Å². The van der Waals surface area contributed by atoms with Gasteiger partial charge in [0.15, 0.2) is 5.76 Å². The lowest BCUT2D eigenvalue weighted by atomic mass is 10.2. The van der Waals surface area contributed by atoms with E-state index in [0.29, 0.717) is 17.3 Å². The third-order valence-corrected chi connectivity index (χ3v) is 4.52. The summed E-state index contributed by atoms with van der Waals surface area (Å²) < 4.78 is 42.4. The van der Waals surface area contributed by atoms with Crippen LogP contribution in [0.15, 0.2) is 49.0 Å². The Morgan fingerprint density at radius 3 is 2.68 bits per heavy atom. The number of hydrogen-bond donors (Lipinski definition) is 1. The first-order valence-electron chi connectivity index (χ1n) is 6.52. The number of furan rings is 2. The van der Waals surface area contributed by atoms with Crippen LogP contribution in [0.1, 0.15) is 17.0 Å². The molecule has 0 atom stereocenters. The first kappa shape index (κ1) is 14.6. The molecule has 3 heterocycles. The molecule has 3 aromatic heterocycles. The van der Waals surface area contributed by atoms with Crippen LogP contribution in [0.25, 0.3) is 11.5 Å². The molecule has 0 saturated carbocycles. The van der Waals surface area contributed by atoms with Crippen LogP contribution in [0, 0.1) is 13.8 Å². The fraction of sp³-hybridized carbons (Fsp3) is 0.214. The third-order valence-electron chi connectivity index (χ3n) is 3.24. The summed E-state index contributed by atoms with van der Waals surface area (Å²) >= 11 is 0. The highest BCUT2D eigenvalue weighted by Crippen LogP contribution is 2.28. The van der Waals surface area contributed by atoms with Crippen molar-refractivity contribution in [1.82, 2.24) is 9.88 Å². The van der Waals surface area contributed by atoms with Gasteiger partial charge < -0.3 is 13.4 Å². The highest BCUT2D eigenvalue weighted by molar-refractivity contribution is 7.89. The topological polar surface area (TPSA) is 98.5 Å². The van der Waals surface area contributed by atoms with Crippen molar-refractivity contribution in [2.75, 3.05) is 0 Å². The fourth-order valence-corrected chi connectivity index (χ4v) is 2.80. The molecule has 0 saturated heterocycles. The zero-order valence-electron chi connectivity index (χ0n) is 12.0. The van der Waals surface area contributed by atoms with Gasteiger partial charge in [0.1, 0.15) is 5.76 Å². The number of aromatic nitrogens is 1. The molecule has 0 aliphatic heterocycles. The van der Waals surface area contributed by atoms with Gasteiger partial charge in [0.25, 0.3) is 10.0 Å². The van der Waals surface area contributed by atoms with Crippen LogP contribution < -0.4 is 4.72 Å².